The van der Waals surface area contributed by atoms with Gasteiger partial charge in [0.1, 0.15) is 16.2 Å². The fraction of sp³-hybridized carbons (Fsp3) is 0.143. The van der Waals surface area contributed by atoms with Gasteiger partial charge >= 0.3 is 6.09 Å². The van der Waals surface area contributed by atoms with Gasteiger partial charge in [-0.15, -0.1) is 0 Å². The maximum absolute atomic E-state index is 13.5. The molecule has 1 amide bonds. The van der Waals surface area contributed by atoms with Crippen LogP contribution in [0, 0.1) is 11.6 Å². The minimum Gasteiger partial charge on any atom is -0.465 e. The number of nitrogens with two attached hydrogens (primary N) is 1. The Bertz CT molecular complexity index is 739. The topological polar surface area (TPSA) is 88.2 Å². The van der Waals surface area contributed by atoms with E-state index in [4.69, 9.17) is 10.8 Å². The number of rotatable bonds is 4. The summed E-state index contributed by atoms with van der Waals surface area (Å²) in [5.74, 6) is -2.22. The van der Waals surface area contributed by atoms with Crippen molar-refractivity contribution in [3.05, 3.63) is 56.2 Å². The van der Waals surface area contributed by atoms with Crippen LogP contribution in [0.5, 0.6) is 0 Å². The molecule has 0 saturated heterocycles. The summed E-state index contributed by atoms with van der Waals surface area (Å²) >= 11 is 6.49. The number of benzene rings is 1. The van der Waals surface area contributed by atoms with Gasteiger partial charge in [-0.05, 0) is 55.6 Å². The first-order valence-corrected chi connectivity index (χ1v) is 7.90. The molecule has 0 fully saturated rings. The number of amides is 1. The minimum absolute atomic E-state index is 0.111. The second kappa shape index (κ2) is 7.22. The highest BCUT2D eigenvalue weighted by Crippen LogP contribution is 2.33. The third-order valence-electron chi connectivity index (χ3n) is 3.06. The summed E-state index contributed by atoms with van der Waals surface area (Å²) in [5.41, 5.74) is 6.75. The second-order valence-corrected chi connectivity index (χ2v) is 6.28. The molecule has 1 aromatic carbocycles. The number of hydrogen-bond donors (Lipinski definition) is 3. The molecule has 1 unspecified atom stereocenters. The summed E-state index contributed by atoms with van der Waals surface area (Å²) in [6, 6.07) is 4.59. The molecule has 122 valence electrons. The van der Waals surface area contributed by atoms with Crippen molar-refractivity contribution in [2.45, 2.75) is 5.92 Å². The van der Waals surface area contributed by atoms with Crippen molar-refractivity contribution in [1.29, 1.82) is 0 Å². The van der Waals surface area contributed by atoms with Crippen LogP contribution in [0.4, 0.5) is 19.3 Å². The summed E-state index contributed by atoms with van der Waals surface area (Å²) in [6.07, 6.45) is -1.25. The molecule has 9 heteroatoms. The van der Waals surface area contributed by atoms with Gasteiger partial charge in [0.25, 0.3) is 0 Å². The van der Waals surface area contributed by atoms with Gasteiger partial charge in [0.15, 0.2) is 0 Å². The maximum atomic E-state index is 13.5. The highest BCUT2D eigenvalue weighted by Gasteiger charge is 2.22. The first-order chi connectivity index (χ1) is 10.8. The first-order valence-electron chi connectivity index (χ1n) is 6.32. The van der Waals surface area contributed by atoms with Crippen molar-refractivity contribution in [1.82, 2.24) is 10.3 Å². The van der Waals surface area contributed by atoms with Crippen LogP contribution in [-0.4, -0.2) is 22.7 Å². The molecular weight excluding hydrogens is 440 g/mol. The summed E-state index contributed by atoms with van der Waals surface area (Å²) in [5, 5.41) is 11.0. The lowest BCUT2D eigenvalue weighted by atomic mass is 9.94. The molecule has 2 rings (SSSR count). The molecule has 1 aromatic heterocycles. The molecule has 0 aliphatic rings. The minimum atomic E-state index is -1.25. The van der Waals surface area contributed by atoms with Crippen molar-refractivity contribution in [2.75, 3.05) is 12.3 Å². The normalized spacial score (nSPS) is 12.0. The SMILES string of the molecule is Nc1cc(Br)c(C(CNC(=O)O)c2cc(F)cc(F)c2)nc1Br. The fourth-order valence-electron chi connectivity index (χ4n) is 2.08. The molecule has 5 nitrogen and oxygen atoms in total. The zero-order valence-electron chi connectivity index (χ0n) is 11.5. The zero-order valence-corrected chi connectivity index (χ0v) is 14.7. The summed E-state index contributed by atoms with van der Waals surface area (Å²) in [4.78, 5) is 15.0. The molecular formula is C14H11Br2F2N3O2. The van der Waals surface area contributed by atoms with E-state index in [0.717, 1.165) is 18.2 Å². The van der Waals surface area contributed by atoms with E-state index < -0.39 is 23.6 Å². The Kier molecular flexibility index (Phi) is 5.53. The largest absolute Gasteiger partial charge is 0.465 e. The van der Waals surface area contributed by atoms with Crippen molar-refractivity contribution in [3.63, 3.8) is 0 Å². The number of nitrogens with one attached hydrogen (secondary N) is 1. The first kappa shape index (κ1) is 17.6. The Labute approximate surface area is 147 Å². The van der Waals surface area contributed by atoms with Crippen LogP contribution in [-0.2, 0) is 0 Å². The molecule has 1 atom stereocenters. The van der Waals surface area contributed by atoms with Gasteiger partial charge in [-0.1, -0.05) is 0 Å². The van der Waals surface area contributed by atoms with Crippen molar-refractivity contribution in [3.8, 4) is 0 Å². The number of halogens is 4. The number of nitrogen functional groups attached to an aromatic ring is 1. The Morgan fingerprint density at radius 3 is 2.43 bits per heavy atom. The van der Waals surface area contributed by atoms with E-state index in [0.29, 0.717) is 20.5 Å². The van der Waals surface area contributed by atoms with E-state index in [1.165, 1.54) is 0 Å². The lowest BCUT2D eigenvalue weighted by molar-refractivity contribution is 0.194. The smallest absolute Gasteiger partial charge is 0.404 e. The predicted octanol–water partition coefficient (Wildman–Crippen LogP) is 3.87. The quantitative estimate of drug-likeness (QED) is 0.617. The van der Waals surface area contributed by atoms with E-state index in [1.807, 2.05) is 0 Å². The zero-order chi connectivity index (χ0) is 17.1. The standard InChI is InChI=1S/C14H11Br2F2N3O2/c15-10-4-11(19)13(16)21-12(10)9(5-20-14(22)23)6-1-7(17)3-8(18)2-6/h1-4,9,20H,5,19H2,(H,22,23). The van der Waals surface area contributed by atoms with Gasteiger partial charge < -0.3 is 16.2 Å². The number of carboxylic acid groups (broad SMARTS) is 1. The summed E-state index contributed by atoms with van der Waals surface area (Å²) in [6.45, 7) is -0.111. The number of carbonyl (C=O) groups is 1. The van der Waals surface area contributed by atoms with Gasteiger partial charge in [-0.2, -0.15) is 0 Å². The molecule has 0 aliphatic heterocycles. The van der Waals surface area contributed by atoms with E-state index in [2.05, 4.69) is 42.2 Å². The van der Waals surface area contributed by atoms with E-state index in [1.54, 1.807) is 6.07 Å². The number of hydrogen-bond acceptors (Lipinski definition) is 3. The van der Waals surface area contributed by atoms with Crippen LogP contribution in [0.25, 0.3) is 0 Å². The number of aromatic nitrogens is 1. The van der Waals surface area contributed by atoms with Gasteiger partial charge in [0.2, 0.25) is 0 Å². The van der Waals surface area contributed by atoms with Crippen LogP contribution < -0.4 is 11.1 Å². The monoisotopic (exact) mass is 449 g/mol. The van der Waals surface area contributed by atoms with Crippen molar-refractivity contribution >= 4 is 43.6 Å². The summed E-state index contributed by atoms with van der Waals surface area (Å²) in [7, 11) is 0. The average Bonchev–Trinajstić information content (AvgIpc) is 2.43. The lowest BCUT2D eigenvalue weighted by Crippen LogP contribution is -2.28. The number of anilines is 1. The van der Waals surface area contributed by atoms with E-state index >= 15 is 0 Å². The molecule has 0 spiro atoms. The van der Waals surface area contributed by atoms with Crippen molar-refractivity contribution < 1.29 is 18.7 Å². The third kappa shape index (κ3) is 4.38. The average molecular weight is 451 g/mol. The Hall–Kier alpha value is -1.74. The van der Waals surface area contributed by atoms with Gasteiger partial charge in [0.05, 0.1) is 11.4 Å². The van der Waals surface area contributed by atoms with Crippen molar-refractivity contribution in [2.24, 2.45) is 0 Å². The second-order valence-electron chi connectivity index (χ2n) is 4.68. The van der Waals surface area contributed by atoms with Crippen LogP contribution >= 0.6 is 31.9 Å². The van der Waals surface area contributed by atoms with E-state index in [9.17, 15) is 13.6 Å². The molecule has 2 aromatic rings. The van der Waals surface area contributed by atoms with Crippen LogP contribution in [0.15, 0.2) is 33.3 Å². The van der Waals surface area contributed by atoms with Crippen LogP contribution in [0.2, 0.25) is 0 Å². The highest BCUT2D eigenvalue weighted by atomic mass is 79.9. The van der Waals surface area contributed by atoms with Gasteiger partial charge in [-0.3, -0.25) is 0 Å². The Morgan fingerprint density at radius 1 is 1.26 bits per heavy atom. The molecule has 0 bridgehead atoms. The molecule has 1 heterocycles. The summed E-state index contributed by atoms with van der Waals surface area (Å²) < 4.78 is 27.9. The van der Waals surface area contributed by atoms with E-state index in [-0.39, 0.29) is 12.1 Å². The van der Waals surface area contributed by atoms with Gasteiger partial charge in [-0.25, -0.2) is 18.6 Å². The predicted molar refractivity (Wildman–Crippen MR) is 88.3 cm³/mol. The van der Waals surface area contributed by atoms with Crippen LogP contribution in [0.1, 0.15) is 17.2 Å². The molecule has 0 radical (unpaired) electrons. The van der Waals surface area contributed by atoms with Gasteiger partial charge in [0, 0.05) is 23.0 Å². The molecule has 23 heavy (non-hydrogen) atoms. The third-order valence-corrected chi connectivity index (χ3v) is 4.33. The molecule has 0 saturated carbocycles. The number of nitrogens with zero attached hydrogens (tertiary/aromatic N) is 1. The lowest BCUT2D eigenvalue weighted by Gasteiger charge is -2.19. The highest BCUT2D eigenvalue weighted by molar-refractivity contribution is 9.11. The Morgan fingerprint density at radius 2 is 1.87 bits per heavy atom. The fourth-order valence-corrected chi connectivity index (χ4v) is 2.99. The van der Waals surface area contributed by atoms with Crippen LogP contribution in [0.3, 0.4) is 0 Å². The number of pyridine rings is 1. The Balaban J connectivity index is 2.53. The molecule has 0 aliphatic carbocycles. The maximum Gasteiger partial charge on any atom is 0.404 e. The molecule has 4 N–H and O–H groups in total.